The van der Waals surface area contributed by atoms with Crippen molar-refractivity contribution in [2.24, 2.45) is 0 Å². The van der Waals surface area contributed by atoms with Gasteiger partial charge in [0, 0.05) is 16.8 Å². The third-order valence-corrected chi connectivity index (χ3v) is 5.19. The zero-order chi connectivity index (χ0) is 24.5. The second kappa shape index (κ2) is 8.89. The van der Waals surface area contributed by atoms with Crippen LogP contribution in [0.2, 0.25) is 0 Å². The van der Waals surface area contributed by atoms with E-state index in [0.717, 1.165) is 34.4 Å². The highest BCUT2D eigenvalue weighted by Gasteiger charge is 2.61. The number of aromatic nitrogens is 3. The topological polar surface area (TPSA) is 39.9 Å². The minimum absolute atomic E-state index is 0.262. The SMILES string of the molecule is CC(C)c1ccccc1-c1[c]cccc1-c1nncn1-c1ccc(OC(F)(F)C(F)(F)F)cc1. The quantitative estimate of drug-likeness (QED) is 0.282. The summed E-state index contributed by atoms with van der Waals surface area (Å²) in [5, 5.41) is 8.21. The van der Waals surface area contributed by atoms with Crippen LogP contribution in [0, 0.1) is 6.07 Å². The monoisotopic (exact) mass is 472 g/mol. The first kappa shape index (κ1) is 23.4. The molecule has 1 radical (unpaired) electrons. The van der Waals surface area contributed by atoms with Crippen LogP contribution >= 0.6 is 0 Å². The Labute approximate surface area is 192 Å². The van der Waals surface area contributed by atoms with Crippen molar-refractivity contribution in [3.63, 3.8) is 0 Å². The average molecular weight is 472 g/mol. The zero-order valence-corrected chi connectivity index (χ0v) is 18.1. The molecule has 0 aliphatic carbocycles. The Hall–Kier alpha value is -3.75. The molecule has 4 nitrogen and oxygen atoms in total. The number of alkyl halides is 5. The van der Waals surface area contributed by atoms with E-state index in [1.165, 1.54) is 18.5 Å². The number of ether oxygens (including phenoxy) is 1. The van der Waals surface area contributed by atoms with E-state index in [-0.39, 0.29) is 5.92 Å². The fraction of sp³-hybridized carbons (Fsp3) is 0.200. The summed E-state index contributed by atoms with van der Waals surface area (Å²) in [6.07, 6.45) is -9.69. The number of hydrogen-bond donors (Lipinski definition) is 0. The van der Waals surface area contributed by atoms with Gasteiger partial charge in [-0.05, 0) is 47.4 Å². The van der Waals surface area contributed by atoms with Gasteiger partial charge in [-0.15, -0.1) is 10.2 Å². The van der Waals surface area contributed by atoms with Crippen LogP contribution in [-0.4, -0.2) is 27.0 Å². The standard InChI is InChI=1S/C25H19F5N3O/c1-16(2)19-7-3-4-8-20(19)21-9-5-6-10-22(21)23-32-31-15-33(23)17-11-13-18(14-12-17)34-25(29,30)24(26,27)28/h3-8,10-16H,1-2H3. The fourth-order valence-corrected chi connectivity index (χ4v) is 3.56. The summed E-state index contributed by atoms with van der Waals surface area (Å²) >= 11 is 0. The summed E-state index contributed by atoms with van der Waals surface area (Å²) in [7, 11) is 0. The van der Waals surface area contributed by atoms with Crippen molar-refractivity contribution in [1.29, 1.82) is 0 Å². The predicted molar refractivity (Wildman–Crippen MR) is 117 cm³/mol. The maximum atomic E-state index is 13.2. The molecule has 3 aromatic carbocycles. The van der Waals surface area contributed by atoms with Gasteiger partial charge in [-0.2, -0.15) is 22.0 Å². The van der Waals surface area contributed by atoms with E-state index in [1.807, 2.05) is 36.4 Å². The number of hydrogen-bond acceptors (Lipinski definition) is 3. The molecule has 4 rings (SSSR count). The Morgan fingerprint density at radius 3 is 2.24 bits per heavy atom. The van der Waals surface area contributed by atoms with Crippen molar-refractivity contribution < 1.29 is 26.7 Å². The van der Waals surface area contributed by atoms with Gasteiger partial charge in [-0.3, -0.25) is 4.57 Å². The molecule has 0 spiro atoms. The summed E-state index contributed by atoms with van der Waals surface area (Å²) in [6.45, 7) is 4.19. The maximum Gasteiger partial charge on any atom is 0.499 e. The van der Waals surface area contributed by atoms with E-state index in [9.17, 15) is 22.0 Å². The minimum Gasteiger partial charge on any atom is -0.426 e. The van der Waals surface area contributed by atoms with Gasteiger partial charge in [0.25, 0.3) is 0 Å². The van der Waals surface area contributed by atoms with Crippen LogP contribution < -0.4 is 4.74 Å². The van der Waals surface area contributed by atoms with Gasteiger partial charge in [-0.25, -0.2) is 0 Å². The largest absolute Gasteiger partial charge is 0.499 e. The Morgan fingerprint density at radius 1 is 0.882 bits per heavy atom. The molecule has 0 saturated carbocycles. The molecule has 34 heavy (non-hydrogen) atoms. The molecular formula is C25H19F5N3O. The Morgan fingerprint density at radius 2 is 1.56 bits per heavy atom. The van der Waals surface area contributed by atoms with Crippen molar-refractivity contribution in [2.45, 2.75) is 32.1 Å². The van der Waals surface area contributed by atoms with Crippen molar-refractivity contribution in [3.05, 3.63) is 84.7 Å². The van der Waals surface area contributed by atoms with E-state index < -0.39 is 18.0 Å². The van der Waals surface area contributed by atoms with Gasteiger partial charge < -0.3 is 4.74 Å². The third-order valence-electron chi connectivity index (χ3n) is 5.19. The van der Waals surface area contributed by atoms with Crippen LogP contribution in [0.5, 0.6) is 5.75 Å². The number of rotatable bonds is 6. The molecule has 4 aromatic rings. The Kier molecular flexibility index (Phi) is 6.12. The van der Waals surface area contributed by atoms with E-state index in [4.69, 9.17) is 0 Å². The fourth-order valence-electron chi connectivity index (χ4n) is 3.56. The number of halogens is 5. The number of benzene rings is 3. The van der Waals surface area contributed by atoms with E-state index in [1.54, 1.807) is 10.6 Å². The molecular weight excluding hydrogens is 453 g/mol. The van der Waals surface area contributed by atoms with Crippen LogP contribution in [0.1, 0.15) is 25.3 Å². The van der Waals surface area contributed by atoms with Crippen LogP contribution in [0.15, 0.2) is 73.1 Å². The molecule has 0 aliphatic rings. The lowest BCUT2D eigenvalue weighted by Crippen LogP contribution is -2.41. The molecule has 0 aliphatic heterocycles. The second-order valence-corrected chi connectivity index (χ2v) is 7.84. The lowest BCUT2D eigenvalue weighted by Gasteiger charge is -2.20. The van der Waals surface area contributed by atoms with Crippen molar-refractivity contribution in [3.8, 4) is 34.0 Å². The molecule has 9 heteroatoms. The second-order valence-electron chi connectivity index (χ2n) is 7.84. The number of nitrogens with zero attached hydrogens (tertiary/aromatic N) is 3. The highest BCUT2D eigenvalue weighted by Crippen LogP contribution is 2.38. The van der Waals surface area contributed by atoms with Gasteiger partial charge in [0.2, 0.25) is 0 Å². The van der Waals surface area contributed by atoms with Gasteiger partial charge in [0.15, 0.2) is 5.82 Å². The molecule has 0 fully saturated rings. The lowest BCUT2D eigenvalue weighted by molar-refractivity contribution is -0.360. The molecule has 1 aromatic heterocycles. The highest BCUT2D eigenvalue weighted by atomic mass is 19.4. The molecule has 0 amide bonds. The van der Waals surface area contributed by atoms with Gasteiger partial charge in [0.1, 0.15) is 12.1 Å². The van der Waals surface area contributed by atoms with Gasteiger partial charge in [0.05, 0.1) is 0 Å². The predicted octanol–water partition coefficient (Wildman–Crippen LogP) is 7.06. The molecule has 0 N–H and O–H groups in total. The Bertz CT molecular complexity index is 1280. The smallest absolute Gasteiger partial charge is 0.426 e. The highest BCUT2D eigenvalue weighted by molar-refractivity contribution is 5.82. The molecule has 0 unspecified atom stereocenters. The summed E-state index contributed by atoms with van der Waals surface area (Å²) in [5.74, 6) is 0.0953. The molecule has 0 saturated heterocycles. The average Bonchev–Trinajstić information content (AvgIpc) is 3.28. The van der Waals surface area contributed by atoms with E-state index >= 15 is 0 Å². The van der Waals surface area contributed by atoms with Crippen LogP contribution in [0.4, 0.5) is 22.0 Å². The van der Waals surface area contributed by atoms with Crippen molar-refractivity contribution in [1.82, 2.24) is 14.8 Å². The first-order chi connectivity index (χ1) is 16.1. The minimum atomic E-state index is -5.82. The van der Waals surface area contributed by atoms with Crippen LogP contribution in [0.3, 0.4) is 0 Å². The first-order valence-corrected chi connectivity index (χ1v) is 10.3. The van der Waals surface area contributed by atoms with Gasteiger partial charge in [-0.1, -0.05) is 56.3 Å². The maximum absolute atomic E-state index is 13.2. The Balaban J connectivity index is 1.72. The van der Waals surface area contributed by atoms with Gasteiger partial charge >= 0.3 is 12.3 Å². The van der Waals surface area contributed by atoms with Crippen LogP contribution in [0.25, 0.3) is 28.2 Å². The molecule has 175 valence electrons. The van der Waals surface area contributed by atoms with Crippen molar-refractivity contribution >= 4 is 0 Å². The molecule has 0 bridgehead atoms. The van der Waals surface area contributed by atoms with E-state index in [0.29, 0.717) is 11.5 Å². The summed E-state index contributed by atoms with van der Waals surface area (Å²) in [4.78, 5) is 0. The third kappa shape index (κ3) is 4.50. The summed E-state index contributed by atoms with van der Waals surface area (Å²) in [5.41, 5.74) is 4.11. The van der Waals surface area contributed by atoms with E-state index in [2.05, 4.69) is 34.8 Å². The molecule has 0 atom stereocenters. The van der Waals surface area contributed by atoms with Crippen LogP contribution in [-0.2, 0) is 0 Å². The zero-order valence-electron chi connectivity index (χ0n) is 18.1. The first-order valence-electron chi connectivity index (χ1n) is 10.3. The lowest BCUT2D eigenvalue weighted by atomic mass is 9.90. The summed E-state index contributed by atoms with van der Waals surface area (Å²) in [6, 6.07) is 21.5. The summed E-state index contributed by atoms with van der Waals surface area (Å²) < 4.78 is 69.1. The molecule has 1 heterocycles. The normalized spacial score (nSPS) is 12.2. The van der Waals surface area contributed by atoms with Crippen molar-refractivity contribution in [2.75, 3.05) is 0 Å².